The van der Waals surface area contributed by atoms with Crippen LogP contribution in [0.4, 0.5) is 0 Å². The molecule has 0 bridgehead atoms. The van der Waals surface area contributed by atoms with Crippen LogP contribution >= 0.6 is 0 Å². The highest BCUT2D eigenvalue weighted by Crippen LogP contribution is 2.29. The van der Waals surface area contributed by atoms with Crippen LogP contribution in [0.1, 0.15) is 62.1 Å². The third-order valence-corrected chi connectivity index (χ3v) is 7.89. The second-order valence-corrected chi connectivity index (χ2v) is 11.1. The van der Waals surface area contributed by atoms with Crippen molar-refractivity contribution in [2.45, 2.75) is 58.9 Å². The number of allylic oxidation sites excluding steroid dienone is 3. The molecule has 0 amide bonds. The zero-order valence-corrected chi connectivity index (χ0v) is 24.1. The predicted octanol–water partition coefficient (Wildman–Crippen LogP) is 7.66. The number of benzene rings is 1. The molecule has 4 nitrogen and oxygen atoms in total. The fraction of sp³-hybridized carbons (Fsp3) is 0.400. The van der Waals surface area contributed by atoms with Crippen LogP contribution in [-0.2, 0) is 6.54 Å². The van der Waals surface area contributed by atoms with Crippen LogP contribution in [-0.4, -0.2) is 47.5 Å². The monoisotopic (exact) mass is 522 g/mol. The highest BCUT2D eigenvalue weighted by atomic mass is 15.1. The van der Waals surface area contributed by atoms with Crippen molar-refractivity contribution < 1.29 is 0 Å². The number of hydrogen-bond donors (Lipinski definition) is 1. The van der Waals surface area contributed by atoms with Crippen LogP contribution in [0, 0.1) is 6.92 Å². The molecule has 0 saturated carbocycles. The maximum atomic E-state index is 4.58. The van der Waals surface area contributed by atoms with Gasteiger partial charge < -0.3 is 5.32 Å². The summed E-state index contributed by atoms with van der Waals surface area (Å²) < 4.78 is 0. The Balaban J connectivity index is 1.40. The minimum atomic E-state index is 0.798. The molecule has 0 radical (unpaired) electrons. The molecule has 0 aliphatic carbocycles. The molecule has 0 spiro atoms. The molecule has 1 N–H and O–H groups in total. The average Bonchev–Trinajstić information content (AvgIpc) is 2.96. The van der Waals surface area contributed by atoms with Gasteiger partial charge in [-0.05, 0) is 117 Å². The Morgan fingerprint density at radius 3 is 2.26 bits per heavy atom. The van der Waals surface area contributed by atoms with Gasteiger partial charge in [0.05, 0.1) is 0 Å². The Morgan fingerprint density at radius 1 is 0.872 bits per heavy atom. The minimum Gasteiger partial charge on any atom is -0.356 e. The van der Waals surface area contributed by atoms with Gasteiger partial charge in [0.15, 0.2) is 0 Å². The highest BCUT2D eigenvalue weighted by Gasteiger charge is 2.13. The van der Waals surface area contributed by atoms with E-state index >= 15 is 0 Å². The molecular weight excluding hydrogens is 476 g/mol. The van der Waals surface area contributed by atoms with Crippen LogP contribution in [0.2, 0.25) is 0 Å². The number of aryl methyl sites for hydroxylation is 1. The van der Waals surface area contributed by atoms with E-state index < -0.39 is 0 Å². The number of aromatic nitrogens is 1. The summed E-state index contributed by atoms with van der Waals surface area (Å²) in [4.78, 5) is 9.61. The van der Waals surface area contributed by atoms with Crippen molar-refractivity contribution in [3.05, 3.63) is 108 Å². The lowest BCUT2D eigenvalue weighted by atomic mass is 9.94. The van der Waals surface area contributed by atoms with Crippen LogP contribution in [0.15, 0.2) is 91.6 Å². The Bertz CT molecular complexity index is 1220. The van der Waals surface area contributed by atoms with Gasteiger partial charge in [0.25, 0.3) is 0 Å². The molecule has 3 heterocycles. The second kappa shape index (κ2) is 14.3. The first-order chi connectivity index (χ1) is 18.9. The van der Waals surface area contributed by atoms with Crippen molar-refractivity contribution in [3.8, 4) is 11.1 Å². The molecule has 206 valence electrons. The second-order valence-electron chi connectivity index (χ2n) is 11.1. The molecule has 39 heavy (non-hydrogen) atoms. The largest absolute Gasteiger partial charge is 0.356 e. The van der Waals surface area contributed by atoms with Gasteiger partial charge in [-0.3, -0.25) is 14.8 Å². The third-order valence-electron chi connectivity index (χ3n) is 7.89. The molecule has 2 aliphatic heterocycles. The first-order valence-electron chi connectivity index (χ1n) is 14.6. The van der Waals surface area contributed by atoms with Crippen molar-refractivity contribution in [1.29, 1.82) is 0 Å². The van der Waals surface area contributed by atoms with E-state index in [9.17, 15) is 0 Å². The van der Waals surface area contributed by atoms with Crippen molar-refractivity contribution in [1.82, 2.24) is 20.1 Å². The van der Waals surface area contributed by atoms with E-state index in [1.54, 1.807) is 0 Å². The lowest BCUT2D eigenvalue weighted by Crippen LogP contribution is -2.31. The summed E-state index contributed by atoms with van der Waals surface area (Å²) in [6.45, 7) is 23.8. The van der Waals surface area contributed by atoms with E-state index in [-0.39, 0.29) is 0 Å². The summed E-state index contributed by atoms with van der Waals surface area (Å²) in [5.74, 6) is 0. The number of piperidine rings is 2. The van der Waals surface area contributed by atoms with Gasteiger partial charge in [-0.1, -0.05) is 56.9 Å². The zero-order valence-electron chi connectivity index (χ0n) is 24.1. The fourth-order valence-corrected chi connectivity index (χ4v) is 5.52. The number of likely N-dealkylation sites (tertiary alicyclic amines) is 2. The van der Waals surface area contributed by atoms with E-state index in [1.807, 2.05) is 19.3 Å². The molecule has 1 aromatic heterocycles. The van der Waals surface area contributed by atoms with E-state index in [0.29, 0.717) is 0 Å². The van der Waals surface area contributed by atoms with Gasteiger partial charge in [-0.15, -0.1) is 0 Å². The van der Waals surface area contributed by atoms with E-state index in [1.165, 1.54) is 75.8 Å². The summed E-state index contributed by atoms with van der Waals surface area (Å²) in [7, 11) is 0. The third kappa shape index (κ3) is 8.39. The van der Waals surface area contributed by atoms with Crippen molar-refractivity contribution in [3.63, 3.8) is 0 Å². The van der Waals surface area contributed by atoms with Gasteiger partial charge in [0.1, 0.15) is 0 Å². The van der Waals surface area contributed by atoms with Gasteiger partial charge in [0.2, 0.25) is 0 Å². The highest BCUT2D eigenvalue weighted by molar-refractivity contribution is 5.81. The average molecular weight is 523 g/mol. The normalized spacial score (nSPS) is 17.3. The molecule has 2 fully saturated rings. The van der Waals surface area contributed by atoms with E-state index in [4.69, 9.17) is 0 Å². The van der Waals surface area contributed by atoms with Crippen LogP contribution < -0.4 is 5.32 Å². The van der Waals surface area contributed by atoms with Gasteiger partial charge in [-0.25, -0.2) is 0 Å². The van der Waals surface area contributed by atoms with Crippen molar-refractivity contribution >= 4 is 5.57 Å². The van der Waals surface area contributed by atoms with Crippen LogP contribution in [0.25, 0.3) is 16.7 Å². The number of nitrogens with zero attached hydrogens (tertiary/aromatic N) is 3. The zero-order chi connectivity index (χ0) is 27.6. The lowest BCUT2D eigenvalue weighted by molar-refractivity contribution is 0.220. The first kappa shape index (κ1) is 28.8. The Kier molecular flexibility index (Phi) is 10.5. The molecule has 2 aliphatic rings. The topological polar surface area (TPSA) is 31.4 Å². The summed E-state index contributed by atoms with van der Waals surface area (Å²) in [5, 5.41) is 3.47. The molecule has 0 unspecified atom stereocenters. The summed E-state index contributed by atoms with van der Waals surface area (Å²) in [6.07, 6.45) is 18.1. The summed E-state index contributed by atoms with van der Waals surface area (Å²) in [6, 6.07) is 8.85. The number of pyridine rings is 1. The lowest BCUT2D eigenvalue weighted by Gasteiger charge is -2.26. The first-order valence-corrected chi connectivity index (χ1v) is 14.6. The number of nitrogens with one attached hydrogen (secondary N) is 1. The number of hydrogen-bond acceptors (Lipinski definition) is 4. The fourth-order valence-electron chi connectivity index (χ4n) is 5.52. The van der Waals surface area contributed by atoms with Gasteiger partial charge in [0, 0.05) is 42.4 Å². The smallest absolute Gasteiger partial charge is 0.0384 e. The van der Waals surface area contributed by atoms with Gasteiger partial charge in [-0.2, -0.15) is 0 Å². The standard InChI is InChI=1S/C35H46N4/c1-6-34(16-13-27(2)25-38-17-9-7-10-18-38)37-30(5)29(4)35-22-32(15-14-28(35)3)33-21-31(23-36-24-33)26-39-19-11-8-12-20-39/h6,13-16,21-24,37H,2,4-5,7-12,17-20,25-26H2,1,3H3/b16-13-,34-6+. The molecule has 0 atom stereocenters. The molecule has 4 heteroatoms. The van der Waals surface area contributed by atoms with Crippen LogP contribution in [0.3, 0.4) is 0 Å². The maximum absolute atomic E-state index is 4.58. The molecule has 4 rings (SSSR count). The Hall–Kier alpha value is -3.21. The van der Waals surface area contributed by atoms with Crippen molar-refractivity contribution in [2.24, 2.45) is 0 Å². The number of rotatable bonds is 11. The maximum Gasteiger partial charge on any atom is 0.0384 e. The summed E-state index contributed by atoms with van der Waals surface area (Å²) >= 11 is 0. The Morgan fingerprint density at radius 2 is 1.56 bits per heavy atom. The Labute approximate surface area is 236 Å². The van der Waals surface area contributed by atoms with Gasteiger partial charge >= 0.3 is 0 Å². The van der Waals surface area contributed by atoms with E-state index in [0.717, 1.165) is 52.3 Å². The molecule has 2 aromatic rings. The predicted molar refractivity (Wildman–Crippen MR) is 167 cm³/mol. The molecular formula is C35H46N4. The SMILES string of the molecule is C=C(/C=C\C(=C/C)NC(=C)C(=C)c1cc(-c2cncc(CN3CCCCC3)c2)ccc1C)CN1CCCCC1. The minimum absolute atomic E-state index is 0.798. The summed E-state index contributed by atoms with van der Waals surface area (Å²) in [5.41, 5.74) is 9.65. The van der Waals surface area contributed by atoms with Crippen LogP contribution in [0.5, 0.6) is 0 Å². The quantitative estimate of drug-likeness (QED) is 0.307. The van der Waals surface area contributed by atoms with Crippen molar-refractivity contribution in [2.75, 3.05) is 32.7 Å². The molecule has 1 aromatic carbocycles. The molecule has 2 saturated heterocycles. The van der Waals surface area contributed by atoms with E-state index in [2.05, 4.69) is 89.3 Å².